The molecule has 0 aromatic carbocycles. The fourth-order valence-electron chi connectivity index (χ4n) is 1.32. The zero-order valence-electron chi connectivity index (χ0n) is 7.34. The molecule has 1 fully saturated rings. The first-order valence-corrected chi connectivity index (χ1v) is 4.44. The van der Waals surface area contributed by atoms with Crippen molar-refractivity contribution < 1.29 is 0 Å². The summed E-state index contributed by atoms with van der Waals surface area (Å²) in [7, 11) is 0. The van der Waals surface area contributed by atoms with Gasteiger partial charge in [-0.1, -0.05) is 0 Å². The van der Waals surface area contributed by atoms with E-state index in [-0.39, 0.29) is 0 Å². The molecule has 68 valence electrons. The van der Waals surface area contributed by atoms with Gasteiger partial charge in [0.1, 0.15) is 0 Å². The van der Waals surface area contributed by atoms with E-state index in [0.717, 1.165) is 39.3 Å². The van der Waals surface area contributed by atoms with Gasteiger partial charge in [-0.05, 0) is 0 Å². The average Bonchev–Trinajstić information content (AvgIpc) is 2.14. The minimum absolute atomic E-state index is 0.464. The van der Waals surface area contributed by atoms with Gasteiger partial charge in [-0.25, -0.2) is 0 Å². The van der Waals surface area contributed by atoms with E-state index >= 15 is 0 Å². The summed E-state index contributed by atoms with van der Waals surface area (Å²) in [4.78, 5) is 2.40. The number of nitrogens with one attached hydrogen (secondary N) is 2. The lowest BCUT2D eigenvalue weighted by molar-refractivity contribution is 0.242. The molecular formula is C8H16N4. The van der Waals surface area contributed by atoms with Crippen molar-refractivity contribution in [2.24, 2.45) is 0 Å². The fourth-order valence-corrected chi connectivity index (χ4v) is 1.32. The van der Waals surface area contributed by atoms with E-state index in [4.69, 9.17) is 5.26 Å². The number of piperazine rings is 1. The van der Waals surface area contributed by atoms with Gasteiger partial charge in [0.15, 0.2) is 0 Å². The van der Waals surface area contributed by atoms with Gasteiger partial charge in [-0.15, -0.1) is 0 Å². The molecule has 0 radical (unpaired) electrons. The molecule has 1 aliphatic rings. The highest BCUT2D eigenvalue weighted by Crippen LogP contribution is 1.89. The first-order valence-electron chi connectivity index (χ1n) is 4.44. The second-order valence-corrected chi connectivity index (χ2v) is 2.93. The van der Waals surface area contributed by atoms with Crippen LogP contribution in [0.1, 0.15) is 0 Å². The van der Waals surface area contributed by atoms with Crippen molar-refractivity contribution >= 4 is 0 Å². The number of nitriles is 1. The second kappa shape index (κ2) is 5.95. The van der Waals surface area contributed by atoms with E-state index in [9.17, 15) is 0 Å². The van der Waals surface area contributed by atoms with Crippen molar-refractivity contribution in [2.75, 3.05) is 45.8 Å². The number of hydrogen-bond acceptors (Lipinski definition) is 4. The minimum Gasteiger partial charge on any atom is -0.314 e. The Morgan fingerprint density at radius 2 is 2.17 bits per heavy atom. The summed E-state index contributed by atoms with van der Waals surface area (Å²) in [5, 5.41) is 14.6. The first kappa shape index (κ1) is 9.46. The van der Waals surface area contributed by atoms with Crippen molar-refractivity contribution in [3.05, 3.63) is 0 Å². The number of rotatable bonds is 4. The second-order valence-electron chi connectivity index (χ2n) is 2.93. The molecule has 0 spiro atoms. The molecule has 1 aliphatic heterocycles. The van der Waals surface area contributed by atoms with Crippen LogP contribution in [0.5, 0.6) is 0 Å². The maximum Gasteiger partial charge on any atom is 0.0841 e. The van der Waals surface area contributed by atoms with Crippen molar-refractivity contribution in [2.45, 2.75) is 0 Å². The fraction of sp³-hybridized carbons (Fsp3) is 0.875. The molecule has 4 heteroatoms. The molecule has 0 bridgehead atoms. The Kier molecular flexibility index (Phi) is 4.69. The predicted molar refractivity (Wildman–Crippen MR) is 47.8 cm³/mol. The zero-order valence-corrected chi connectivity index (χ0v) is 7.34. The van der Waals surface area contributed by atoms with Crippen molar-refractivity contribution in [1.82, 2.24) is 15.5 Å². The van der Waals surface area contributed by atoms with Gasteiger partial charge < -0.3 is 10.6 Å². The van der Waals surface area contributed by atoms with Crippen LogP contribution in [0.25, 0.3) is 0 Å². The van der Waals surface area contributed by atoms with Gasteiger partial charge in [0.2, 0.25) is 0 Å². The molecule has 1 saturated heterocycles. The Morgan fingerprint density at radius 3 is 2.83 bits per heavy atom. The normalized spacial score (nSPS) is 18.9. The van der Waals surface area contributed by atoms with Gasteiger partial charge in [0.25, 0.3) is 0 Å². The highest BCUT2D eigenvalue weighted by molar-refractivity contribution is 4.74. The summed E-state index contributed by atoms with van der Waals surface area (Å²) >= 11 is 0. The Morgan fingerprint density at radius 1 is 1.42 bits per heavy atom. The molecule has 12 heavy (non-hydrogen) atoms. The third-order valence-corrected chi connectivity index (χ3v) is 2.02. The third-order valence-electron chi connectivity index (χ3n) is 2.02. The largest absolute Gasteiger partial charge is 0.314 e. The summed E-state index contributed by atoms with van der Waals surface area (Å²) in [6.07, 6.45) is 0. The number of hydrogen-bond donors (Lipinski definition) is 2. The average molecular weight is 168 g/mol. The Bertz CT molecular complexity index is 146. The molecule has 4 nitrogen and oxygen atoms in total. The van der Waals surface area contributed by atoms with Crippen LogP contribution >= 0.6 is 0 Å². The lowest BCUT2D eigenvalue weighted by Gasteiger charge is -2.26. The van der Waals surface area contributed by atoms with Crippen LogP contribution in [-0.4, -0.2) is 50.7 Å². The summed E-state index contributed by atoms with van der Waals surface area (Å²) in [5.41, 5.74) is 0. The topological polar surface area (TPSA) is 51.1 Å². The zero-order chi connectivity index (χ0) is 8.65. The molecule has 0 aromatic heterocycles. The molecule has 0 aromatic rings. The lowest BCUT2D eigenvalue weighted by Crippen LogP contribution is -2.45. The van der Waals surface area contributed by atoms with E-state index < -0.39 is 0 Å². The molecular weight excluding hydrogens is 152 g/mol. The molecule has 1 rings (SSSR count). The number of nitrogens with zero attached hydrogens (tertiary/aromatic N) is 2. The molecule has 2 N–H and O–H groups in total. The molecule has 0 atom stereocenters. The Balaban J connectivity index is 1.95. The summed E-state index contributed by atoms with van der Waals surface area (Å²) in [6, 6.07) is 2.06. The van der Waals surface area contributed by atoms with Crippen molar-refractivity contribution in [3.8, 4) is 6.07 Å². The lowest BCUT2D eigenvalue weighted by atomic mass is 10.3. The highest BCUT2D eigenvalue weighted by Gasteiger charge is 2.07. The van der Waals surface area contributed by atoms with Crippen LogP contribution < -0.4 is 10.6 Å². The quantitative estimate of drug-likeness (QED) is 0.418. The molecule has 0 unspecified atom stereocenters. The smallest absolute Gasteiger partial charge is 0.0841 e. The van der Waals surface area contributed by atoms with Gasteiger partial charge >= 0.3 is 0 Å². The maximum atomic E-state index is 8.27. The van der Waals surface area contributed by atoms with Gasteiger partial charge in [-0.3, -0.25) is 4.90 Å². The summed E-state index contributed by atoms with van der Waals surface area (Å²) in [5.74, 6) is 0. The van der Waals surface area contributed by atoms with Crippen LogP contribution in [0.15, 0.2) is 0 Å². The Labute approximate surface area is 73.5 Å². The van der Waals surface area contributed by atoms with Gasteiger partial charge in [0, 0.05) is 39.3 Å². The molecule has 1 heterocycles. The first-order chi connectivity index (χ1) is 5.93. The minimum atomic E-state index is 0.464. The van der Waals surface area contributed by atoms with Crippen molar-refractivity contribution in [3.63, 3.8) is 0 Å². The summed E-state index contributed by atoms with van der Waals surface area (Å²) < 4.78 is 0. The Hall–Kier alpha value is -0.630. The van der Waals surface area contributed by atoms with E-state index in [1.165, 1.54) is 0 Å². The van der Waals surface area contributed by atoms with Crippen LogP contribution in [0, 0.1) is 11.3 Å². The van der Waals surface area contributed by atoms with Crippen molar-refractivity contribution in [1.29, 1.82) is 5.26 Å². The van der Waals surface area contributed by atoms with E-state index in [1.54, 1.807) is 0 Å². The summed E-state index contributed by atoms with van der Waals surface area (Å²) in [6.45, 7) is 6.90. The highest BCUT2D eigenvalue weighted by atomic mass is 15.2. The van der Waals surface area contributed by atoms with E-state index in [0.29, 0.717) is 6.54 Å². The van der Waals surface area contributed by atoms with E-state index in [1.807, 2.05) is 0 Å². The van der Waals surface area contributed by atoms with Crippen LogP contribution in [0.4, 0.5) is 0 Å². The van der Waals surface area contributed by atoms with Gasteiger partial charge in [0.05, 0.1) is 12.6 Å². The monoisotopic (exact) mass is 168 g/mol. The molecule has 0 amide bonds. The molecule has 0 aliphatic carbocycles. The standard InChI is InChI=1S/C8H16N4/c9-1-2-10-3-6-12-7-4-11-5-8-12/h10-11H,2-8H2. The molecule has 0 saturated carbocycles. The maximum absolute atomic E-state index is 8.27. The van der Waals surface area contributed by atoms with Gasteiger partial charge in [-0.2, -0.15) is 5.26 Å². The van der Waals surface area contributed by atoms with E-state index in [2.05, 4.69) is 21.6 Å². The van der Waals surface area contributed by atoms with Crippen LogP contribution in [0.3, 0.4) is 0 Å². The third kappa shape index (κ3) is 3.67. The SMILES string of the molecule is N#CCNCCN1CCNCC1. The van der Waals surface area contributed by atoms with Crippen LogP contribution in [0.2, 0.25) is 0 Å². The predicted octanol–water partition coefficient (Wildman–Crippen LogP) is -0.995. The van der Waals surface area contributed by atoms with Crippen LogP contribution in [-0.2, 0) is 0 Å².